The van der Waals surface area contributed by atoms with E-state index in [1.807, 2.05) is 19.1 Å². The fourth-order valence-corrected chi connectivity index (χ4v) is 2.71. The van der Waals surface area contributed by atoms with Gasteiger partial charge in [0.25, 0.3) is 0 Å². The Morgan fingerprint density at radius 3 is 2.71 bits per heavy atom. The standard InChI is InChI=1S/C12H16FNO2S/c1-3-4-5-8-14-17(15,16)12-7-6-11(13)9-10(12)2/h3-4,6-7,9,14H,5,8H2,1-2H3/b4-3+. The molecule has 3 nitrogen and oxygen atoms in total. The summed E-state index contributed by atoms with van der Waals surface area (Å²) in [6.45, 7) is 3.78. The molecule has 0 unspecified atom stereocenters. The van der Waals surface area contributed by atoms with Gasteiger partial charge in [0.05, 0.1) is 4.90 Å². The smallest absolute Gasteiger partial charge is 0.211 e. The van der Waals surface area contributed by atoms with Gasteiger partial charge in [-0.1, -0.05) is 12.2 Å². The molecule has 17 heavy (non-hydrogen) atoms. The summed E-state index contributed by atoms with van der Waals surface area (Å²) in [5.41, 5.74) is 0.406. The fraction of sp³-hybridized carbons (Fsp3) is 0.333. The summed E-state index contributed by atoms with van der Waals surface area (Å²) in [5, 5.41) is 0. The number of nitrogens with one attached hydrogen (secondary N) is 1. The van der Waals surface area contributed by atoms with Gasteiger partial charge in [0.1, 0.15) is 5.82 Å². The van der Waals surface area contributed by atoms with Crippen molar-refractivity contribution >= 4 is 10.0 Å². The Morgan fingerprint density at radius 2 is 2.12 bits per heavy atom. The molecule has 0 aliphatic heterocycles. The van der Waals surface area contributed by atoms with E-state index in [2.05, 4.69) is 4.72 Å². The highest BCUT2D eigenvalue weighted by Crippen LogP contribution is 2.15. The maximum atomic E-state index is 12.9. The third-order valence-electron chi connectivity index (χ3n) is 2.27. The van der Waals surface area contributed by atoms with Crippen molar-refractivity contribution in [2.24, 2.45) is 0 Å². The van der Waals surface area contributed by atoms with Gasteiger partial charge in [-0.2, -0.15) is 0 Å². The van der Waals surface area contributed by atoms with Crippen LogP contribution in [-0.4, -0.2) is 15.0 Å². The van der Waals surface area contributed by atoms with Crippen LogP contribution in [0.5, 0.6) is 0 Å². The van der Waals surface area contributed by atoms with Crippen LogP contribution in [0.3, 0.4) is 0 Å². The second kappa shape index (κ2) is 5.93. The number of allylic oxidation sites excluding steroid dienone is 1. The van der Waals surface area contributed by atoms with Gasteiger partial charge in [-0.25, -0.2) is 17.5 Å². The Labute approximate surface area is 101 Å². The van der Waals surface area contributed by atoms with Crippen LogP contribution in [0.25, 0.3) is 0 Å². The molecular formula is C12H16FNO2S. The van der Waals surface area contributed by atoms with Crippen LogP contribution in [0.1, 0.15) is 18.9 Å². The van der Waals surface area contributed by atoms with Crippen LogP contribution in [0.15, 0.2) is 35.2 Å². The molecule has 0 saturated heterocycles. The minimum Gasteiger partial charge on any atom is -0.211 e. The van der Waals surface area contributed by atoms with Crippen molar-refractivity contribution < 1.29 is 12.8 Å². The zero-order valence-corrected chi connectivity index (χ0v) is 10.7. The maximum Gasteiger partial charge on any atom is 0.240 e. The molecule has 0 aromatic heterocycles. The molecule has 0 aliphatic rings. The largest absolute Gasteiger partial charge is 0.240 e. The average molecular weight is 257 g/mol. The molecule has 0 fully saturated rings. The number of sulfonamides is 1. The van der Waals surface area contributed by atoms with E-state index in [1.54, 1.807) is 6.92 Å². The number of hydrogen-bond donors (Lipinski definition) is 1. The summed E-state index contributed by atoms with van der Waals surface area (Å²) in [4.78, 5) is 0.124. The number of rotatable bonds is 5. The normalized spacial score (nSPS) is 12.2. The lowest BCUT2D eigenvalue weighted by Gasteiger charge is -2.08. The van der Waals surface area contributed by atoms with Crippen LogP contribution < -0.4 is 4.72 Å². The van der Waals surface area contributed by atoms with Gasteiger partial charge >= 0.3 is 0 Å². The third-order valence-corrected chi connectivity index (χ3v) is 3.89. The number of halogens is 1. The highest BCUT2D eigenvalue weighted by Gasteiger charge is 2.15. The van der Waals surface area contributed by atoms with Crippen LogP contribution in [0.4, 0.5) is 4.39 Å². The maximum absolute atomic E-state index is 12.9. The molecule has 5 heteroatoms. The van der Waals surface area contributed by atoms with Gasteiger partial charge < -0.3 is 0 Å². The zero-order valence-electron chi connectivity index (χ0n) is 9.90. The van der Waals surface area contributed by atoms with E-state index in [4.69, 9.17) is 0 Å². The van der Waals surface area contributed by atoms with Gasteiger partial charge in [0.2, 0.25) is 10.0 Å². The quantitative estimate of drug-likeness (QED) is 0.650. The highest BCUT2D eigenvalue weighted by molar-refractivity contribution is 7.89. The van der Waals surface area contributed by atoms with E-state index >= 15 is 0 Å². The zero-order chi connectivity index (χ0) is 12.9. The lowest BCUT2D eigenvalue weighted by atomic mass is 10.2. The molecule has 1 aromatic rings. The molecule has 0 radical (unpaired) electrons. The first-order valence-electron chi connectivity index (χ1n) is 5.34. The van der Waals surface area contributed by atoms with Crippen molar-refractivity contribution in [3.05, 3.63) is 41.7 Å². The Balaban J connectivity index is 2.82. The molecule has 0 spiro atoms. The average Bonchev–Trinajstić information content (AvgIpc) is 2.24. The monoisotopic (exact) mass is 257 g/mol. The van der Waals surface area contributed by atoms with Gasteiger partial charge in [-0.15, -0.1) is 0 Å². The molecule has 1 N–H and O–H groups in total. The van der Waals surface area contributed by atoms with Crippen LogP contribution in [-0.2, 0) is 10.0 Å². The van der Waals surface area contributed by atoms with Crippen molar-refractivity contribution in [3.8, 4) is 0 Å². The number of hydrogen-bond acceptors (Lipinski definition) is 2. The van der Waals surface area contributed by atoms with E-state index in [1.165, 1.54) is 12.1 Å². The van der Waals surface area contributed by atoms with E-state index in [9.17, 15) is 12.8 Å². The summed E-state index contributed by atoms with van der Waals surface area (Å²) < 4.78 is 39.1. The lowest BCUT2D eigenvalue weighted by Crippen LogP contribution is -2.25. The van der Waals surface area contributed by atoms with Crippen molar-refractivity contribution in [2.75, 3.05) is 6.54 Å². The van der Waals surface area contributed by atoms with E-state index in [-0.39, 0.29) is 4.90 Å². The van der Waals surface area contributed by atoms with Gasteiger partial charge in [0, 0.05) is 6.54 Å². The van der Waals surface area contributed by atoms with Gasteiger partial charge in [0.15, 0.2) is 0 Å². The molecule has 94 valence electrons. The molecular weight excluding hydrogens is 241 g/mol. The number of benzene rings is 1. The van der Waals surface area contributed by atoms with Gasteiger partial charge in [-0.3, -0.25) is 0 Å². The van der Waals surface area contributed by atoms with Crippen LogP contribution in [0.2, 0.25) is 0 Å². The van der Waals surface area contributed by atoms with E-state index < -0.39 is 15.8 Å². The summed E-state index contributed by atoms with van der Waals surface area (Å²) in [6.07, 6.45) is 4.37. The first-order chi connectivity index (χ1) is 7.97. The molecule has 0 amide bonds. The Morgan fingerprint density at radius 1 is 1.41 bits per heavy atom. The first kappa shape index (κ1) is 13.9. The van der Waals surface area contributed by atoms with Crippen molar-refractivity contribution in [2.45, 2.75) is 25.2 Å². The second-order valence-corrected chi connectivity index (χ2v) is 5.40. The van der Waals surface area contributed by atoms with Crippen LogP contribution >= 0.6 is 0 Å². The predicted octanol–water partition coefficient (Wildman–Crippen LogP) is 2.38. The van der Waals surface area contributed by atoms with E-state index in [0.29, 0.717) is 18.5 Å². The minimum atomic E-state index is -3.54. The summed E-state index contributed by atoms with van der Waals surface area (Å²) in [5.74, 6) is -0.435. The molecule has 0 aliphatic carbocycles. The summed E-state index contributed by atoms with van der Waals surface area (Å²) in [6, 6.07) is 3.64. The third kappa shape index (κ3) is 3.94. The Bertz CT molecular complexity index is 509. The number of aryl methyl sites for hydroxylation is 1. The van der Waals surface area contributed by atoms with Crippen molar-refractivity contribution in [1.29, 1.82) is 0 Å². The fourth-order valence-electron chi connectivity index (χ4n) is 1.44. The summed E-state index contributed by atoms with van der Waals surface area (Å²) in [7, 11) is -3.54. The molecule has 1 rings (SSSR count). The summed E-state index contributed by atoms with van der Waals surface area (Å²) >= 11 is 0. The van der Waals surface area contributed by atoms with Gasteiger partial charge in [-0.05, 0) is 44.0 Å². The molecule has 0 bridgehead atoms. The lowest BCUT2D eigenvalue weighted by molar-refractivity contribution is 0.580. The molecule has 1 aromatic carbocycles. The predicted molar refractivity (Wildman–Crippen MR) is 65.8 cm³/mol. The first-order valence-corrected chi connectivity index (χ1v) is 6.82. The molecule has 0 saturated carbocycles. The Kier molecular flexibility index (Phi) is 4.84. The SMILES string of the molecule is C/C=C/CCNS(=O)(=O)c1ccc(F)cc1C. The molecule has 0 atom stereocenters. The van der Waals surface area contributed by atoms with E-state index in [0.717, 1.165) is 6.07 Å². The van der Waals surface area contributed by atoms with Crippen molar-refractivity contribution in [1.82, 2.24) is 4.72 Å². The molecule has 0 heterocycles. The minimum absolute atomic E-state index is 0.124. The Hall–Kier alpha value is -1.20. The topological polar surface area (TPSA) is 46.2 Å². The van der Waals surface area contributed by atoms with Crippen LogP contribution in [0, 0.1) is 12.7 Å². The second-order valence-electron chi connectivity index (χ2n) is 3.67. The highest BCUT2D eigenvalue weighted by atomic mass is 32.2. The van der Waals surface area contributed by atoms with Crippen molar-refractivity contribution in [3.63, 3.8) is 0 Å².